The number of carbonyl (C=O) groups is 1. The zero-order valence-electron chi connectivity index (χ0n) is 15.1. The predicted molar refractivity (Wildman–Crippen MR) is 119 cm³/mol. The van der Waals surface area contributed by atoms with Gasteiger partial charge in [-0.1, -0.05) is 34.1 Å². The molecule has 0 unspecified atom stereocenters. The van der Waals surface area contributed by atoms with Gasteiger partial charge in [-0.25, -0.2) is 5.43 Å². The maximum atomic E-state index is 12.0. The Labute approximate surface area is 185 Å². The van der Waals surface area contributed by atoms with Gasteiger partial charge in [0, 0.05) is 15.6 Å². The normalized spacial score (nSPS) is 10.5. The maximum Gasteiger partial charge on any atom is 0.271 e. The van der Waals surface area contributed by atoms with Gasteiger partial charge in [0.2, 0.25) is 0 Å². The summed E-state index contributed by atoms with van der Waals surface area (Å²) in [4.78, 5) is 12.0. The molecule has 0 aliphatic rings. The average Bonchev–Trinajstić information content (AvgIpc) is 2.73. The Morgan fingerprint density at radius 3 is 2.59 bits per heavy atom. The SMILES string of the molecule is N#Cc1ccccc1COc1ccc(/C=N\NC(=O)c2ccc(Br)cc2)cc1Br. The van der Waals surface area contributed by atoms with Gasteiger partial charge in [0.15, 0.2) is 0 Å². The number of hydrazone groups is 1. The number of carbonyl (C=O) groups excluding carboxylic acids is 1. The van der Waals surface area contributed by atoms with E-state index in [0.29, 0.717) is 23.5 Å². The average molecular weight is 513 g/mol. The zero-order valence-corrected chi connectivity index (χ0v) is 18.3. The molecule has 0 aliphatic heterocycles. The molecule has 5 nitrogen and oxygen atoms in total. The molecule has 3 aromatic rings. The topological polar surface area (TPSA) is 74.5 Å². The molecular formula is C22H15Br2N3O2. The standard InChI is InChI=1S/C22H15Br2N3O2/c23-19-8-6-16(7-9-19)22(28)27-26-13-15-5-10-21(20(24)11-15)29-14-18-4-2-1-3-17(18)12-25/h1-11,13H,14H2,(H,27,28)/b26-13-. The number of nitrogens with one attached hydrogen (secondary N) is 1. The number of nitriles is 1. The number of hydrogen-bond acceptors (Lipinski definition) is 4. The zero-order chi connectivity index (χ0) is 20.6. The number of hydrogen-bond donors (Lipinski definition) is 1. The van der Waals surface area contributed by atoms with E-state index >= 15 is 0 Å². The van der Waals surface area contributed by atoms with E-state index in [0.717, 1.165) is 20.1 Å². The molecule has 0 aliphatic carbocycles. The molecule has 0 aromatic heterocycles. The van der Waals surface area contributed by atoms with Gasteiger partial charge in [0.05, 0.1) is 22.3 Å². The van der Waals surface area contributed by atoms with Crippen molar-refractivity contribution >= 4 is 44.0 Å². The number of benzene rings is 3. The Balaban J connectivity index is 1.60. The second-order valence-corrected chi connectivity index (χ2v) is 7.72. The van der Waals surface area contributed by atoms with Crippen LogP contribution in [0.25, 0.3) is 0 Å². The van der Waals surface area contributed by atoms with E-state index in [2.05, 4.69) is 48.5 Å². The third-order valence-electron chi connectivity index (χ3n) is 3.96. The highest BCUT2D eigenvalue weighted by Gasteiger charge is 2.06. The summed E-state index contributed by atoms with van der Waals surface area (Å²) in [6.45, 7) is 0.291. The number of amides is 1. The summed E-state index contributed by atoms with van der Waals surface area (Å²) in [6, 6.07) is 21.9. The Kier molecular flexibility index (Phi) is 7.17. The lowest BCUT2D eigenvalue weighted by molar-refractivity contribution is 0.0955. The minimum Gasteiger partial charge on any atom is -0.488 e. The molecule has 0 atom stereocenters. The molecule has 29 heavy (non-hydrogen) atoms. The van der Waals surface area contributed by atoms with E-state index in [1.165, 1.54) is 0 Å². The fourth-order valence-corrected chi connectivity index (χ4v) is 3.23. The first-order valence-corrected chi connectivity index (χ1v) is 10.1. The summed E-state index contributed by atoms with van der Waals surface area (Å²) < 4.78 is 7.46. The van der Waals surface area contributed by atoms with Crippen molar-refractivity contribution < 1.29 is 9.53 Å². The van der Waals surface area contributed by atoms with Crippen molar-refractivity contribution in [1.29, 1.82) is 5.26 Å². The van der Waals surface area contributed by atoms with Crippen molar-refractivity contribution in [2.24, 2.45) is 5.10 Å². The van der Waals surface area contributed by atoms with Crippen LogP contribution < -0.4 is 10.2 Å². The van der Waals surface area contributed by atoms with Gasteiger partial charge in [0.1, 0.15) is 12.4 Å². The van der Waals surface area contributed by atoms with E-state index < -0.39 is 0 Å². The lowest BCUT2D eigenvalue weighted by Crippen LogP contribution is -2.17. The highest BCUT2D eigenvalue weighted by molar-refractivity contribution is 9.10. The van der Waals surface area contributed by atoms with Crippen LogP contribution in [0.5, 0.6) is 5.75 Å². The van der Waals surface area contributed by atoms with Gasteiger partial charge >= 0.3 is 0 Å². The van der Waals surface area contributed by atoms with Gasteiger partial charge in [-0.3, -0.25) is 4.79 Å². The van der Waals surface area contributed by atoms with Gasteiger partial charge < -0.3 is 4.74 Å². The summed E-state index contributed by atoms with van der Waals surface area (Å²) >= 11 is 6.81. The van der Waals surface area contributed by atoms with Gasteiger partial charge in [-0.2, -0.15) is 10.4 Å². The van der Waals surface area contributed by atoms with Crippen molar-refractivity contribution in [2.75, 3.05) is 0 Å². The molecule has 0 saturated carbocycles. The molecule has 3 rings (SSSR count). The Morgan fingerprint density at radius 2 is 1.86 bits per heavy atom. The molecule has 7 heteroatoms. The minimum atomic E-state index is -0.288. The van der Waals surface area contributed by atoms with E-state index in [1.807, 2.05) is 30.3 Å². The molecule has 0 saturated heterocycles. The van der Waals surface area contributed by atoms with Gasteiger partial charge in [-0.15, -0.1) is 0 Å². The third kappa shape index (κ3) is 5.76. The summed E-state index contributed by atoms with van der Waals surface area (Å²) in [6.07, 6.45) is 1.55. The van der Waals surface area contributed by atoms with Crippen LogP contribution in [0.15, 0.2) is 80.8 Å². The summed E-state index contributed by atoms with van der Waals surface area (Å²) in [5.41, 5.74) is 5.22. The number of ether oxygens (including phenoxy) is 1. The third-order valence-corrected chi connectivity index (χ3v) is 5.11. The van der Waals surface area contributed by atoms with Crippen LogP contribution in [-0.4, -0.2) is 12.1 Å². The van der Waals surface area contributed by atoms with Gasteiger partial charge in [0.25, 0.3) is 5.91 Å². The van der Waals surface area contributed by atoms with E-state index in [9.17, 15) is 4.79 Å². The lowest BCUT2D eigenvalue weighted by atomic mass is 10.1. The predicted octanol–water partition coefficient (Wildman–Crippen LogP) is 5.43. The number of nitrogens with zero attached hydrogens (tertiary/aromatic N) is 2. The summed E-state index contributed by atoms with van der Waals surface area (Å²) in [5.74, 6) is 0.359. The first-order valence-electron chi connectivity index (χ1n) is 8.56. The van der Waals surface area contributed by atoms with Crippen LogP contribution >= 0.6 is 31.9 Å². The first kappa shape index (κ1) is 20.8. The number of rotatable bonds is 6. The minimum absolute atomic E-state index is 0.288. The Morgan fingerprint density at radius 1 is 1.10 bits per heavy atom. The van der Waals surface area contributed by atoms with Crippen molar-refractivity contribution in [3.05, 3.63) is 97.9 Å². The second-order valence-electron chi connectivity index (χ2n) is 5.95. The van der Waals surface area contributed by atoms with E-state index in [-0.39, 0.29) is 5.91 Å². The quantitative estimate of drug-likeness (QED) is 0.353. The molecule has 1 amide bonds. The van der Waals surface area contributed by atoms with E-state index in [1.54, 1.807) is 42.6 Å². The molecule has 0 heterocycles. The highest BCUT2D eigenvalue weighted by Crippen LogP contribution is 2.26. The monoisotopic (exact) mass is 511 g/mol. The maximum absolute atomic E-state index is 12.0. The summed E-state index contributed by atoms with van der Waals surface area (Å²) in [7, 11) is 0. The first-order chi connectivity index (χ1) is 14.1. The number of halogens is 2. The molecule has 0 spiro atoms. The molecule has 0 radical (unpaired) electrons. The van der Waals surface area contributed by atoms with Crippen molar-refractivity contribution in [2.45, 2.75) is 6.61 Å². The molecule has 144 valence electrons. The van der Waals surface area contributed by atoms with Crippen LogP contribution in [0.2, 0.25) is 0 Å². The van der Waals surface area contributed by atoms with Crippen LogP contribution in [0.3, 0.4) is 0 Å². The molecular weight excluding hydrogens is 498 g/mol. The van der Waals surface area contributed by atoms with Crippen molar-refractivity contribution in [3.63, 3.8) is 0 Å². The fourth-order valence-electron chi connectivity index (χ4n) is 2.46. The molecule has 3 aromatic carbocycles. The van der Waals surface area contributed by atoms with E-state index in [4.69, 9.17) is 10.00 Å². The van der Waals surface area contributed by atoms with Crippen molar-refractivity contribution in [1.82, 2.24) is 5.43 Å². The molecule has 0 bridgehead atoms. The second kappa shape index (κ2) is 10.0. The highest BCUT2D eigenvalue weighted by atomic mass is 79.9. The molecule has 0 fully saturated rings. The molecule has 1 N–H and O–H groups in total. The van der Waals surface area contributed by atoms with Crippen molar-refractivity contribution in [3.8, 4) is 11.8 Å². The van der Waals surface area contributed by atoms with Crippen LogP contribution in [0, 0.1) is 11.3 Å². The Hall–Kier alpha value is -2.95. The Bertz CT molecular complexity index is 1090. The fraction of sp³-hybridized carbons (Fsp3) is 0.0455. The van der Waals surface area contributed by atoms with Gasteiger partial charge in [-0.05, 0) is 70.0 Å². The largest absolute Gasteiger partial charge is 0.488 e. The van der Waals surface area contributed by atoms with Crippen LogP contribution in [-0.2, 0) is 6.61 Å². The summed E-state index contributed by atoms with van der Waals surface area (Å²) in [5, 5.41) is 13.1. The van der Waals surface area contributed by atoms with Crippen LogP contribution in [0.4, 0.5) is 0 Å². The van der Waals surface area contributed by atoms with Crippen LogP contribution in [0.1, 0.15) is 27.0 Å². The lowest BCUT2D eigenvalue weighted by Gasteiger charge is -2.10. The smallest absolute Gasteiger partial charge is 0.271 e.